The average molecular weight is 564 g/mol. The number of carbonyl (C=O) groups is 1. The number of imidazole rings is 1. The molecule has 0 bridgehead atoms. The van der Waals surface area contributed by atoms with Gasteiger partial charge >= 0.3 is 0 Å². The number of pyridine rings is 1. The number of nitrogens with zero attached hydrogens (tertiary/aromatic N) is 4. The van der Waals surface area contributed by atoms with Crippen LogP contribution in [-0.2, 0) is 18.4 Å². The fourth-order valence-electron chi connectivity index (χ4n) is 4.34. The second-order valence-corrected chi connectivity index (χ2v) is 8.23. The van der Waals surface area contributed by atoms with Crippen molar-refractivity contribution in [1.29, 1.82) is 0 Å². The summed E-state index contributed by atoms with van der Waals surface area (Å²) in [6.45, 7) is 0.579. The van der Waals surface area contributed by atoms with Crippen molar-refractivity contribution >= 4 is 50.0 Å². The molecule has 1 amide bonds. The summed E-state index contributed by atoms with van der Waals surface area (Å²) in [6, 6.07) is 15.2. The van der Waals surface area contributed by atoms with Crippen molar-refractivity contribution in [3.05, 3.63) is 83.8 Å². The van der Waals surface area contributed by atoms with E-state index in [1.54, 1.807) is 28.8 Å². The van der Waals surface area contributed by atoms with Crippen molar-refractivity contribution in [3.63, 3.8) is 0 Å². The number of aromatic amines is 1. The quantitative estimate of drug-likeness (QED) is 0.182. The van der Waals surface area contributed by atoms with Gasteiger partial charge in [0.2, 0.25) is 12.2 Å². The lowest BCUT2D eigenvalue weighted by atomic mass is 10.1. The summed E-state index contributed by atoms with van der Waals surface area (Å²) in [5, 5.41) is 5.47. The third kappa shape index (κ3) is 3.71. The Kier molecular flexibility index (Phi) is 5.56. The van der Waals surface area contributed by atoms with Crippen LogP contribution in [0.5, 0.6) is 0 Å². The third-order valence-corrected chi connectivity index (χ3v) is 5.96. The fourth-order valence-corrected chi connectivity index (χ4v) is 4.34. The Bertz CT molecular complexity index is 1760. The third-order valence-electron chi connectivity index (χ3n) is 5.96. The van der Waals surface area contributed by atoms with Crippen LogP contribution in [0.3, 0.4) is 0 Å². The highest BCUT2D eigenvalue weighted by Crippen LogP contribution is 2.27. The Labute approximate surface area is 210 Å². The Morgan fingerprint density at radius 3 is 2.76 bits per heavy atom. The molecule has 4 heterocycles. The molecule has 8 nitrogen and oxygen atoms in total. The number of rotatable bonds is 4. The molecule has 0 saturated carbocycles. The number of halogens is 1. The maximum absolute atomic E-state index is 13.3. The van der Waals surface area contributed by atoms with Crippen LogP contribution >= 0.6 is 0 Å². The van der Waals surface area contributed by atoms with Crippen LogP contribution in [-0.4, -0.2) is 24.8 Å². The summed E-state index contributed by atoms with van der Waals surface area (Å²) in [7, 11) is 1.94. The lowest BCUT2D eigenvalue weighted by Crippen LogP contribution is -3.00. The van der Waals surface area contributed by atoms with Crippen LogP contribution in [0, 0.1) is 0 Å². The fraction of sp³-hybridized carbons (Fsp3) is 0.120. The van der Waals surface area contributed by atoms with E-state index in [2.05, 4.69) is 16.4 Å². The van der Waals surface area contributed by atoms with Gasteiger partial charge in [0.25, 0.3) is 5.56 Å². The zero-order valence-corrected chi connectivity index (χ0v) is 20.5. The summed E-state index contributed by atoms with van der Waals surface area (Å²) >= 11 is 0. The number of nitrogens with one attached hydrogen (secondary N) is 2. The number of anilines is 1. The highest BCUT2D eigenvalue weighted by molar-refractivity contribution is 6.11. The first-order valence-electron chi connectivity index (χ1n) is 10.7. The van der Waals surface area contributed by atoms with Crippen molar-refractivity contribution in [3.8, 4) is 0 Å². The van der Waals surface area contributed by atoms with Gasteiger partial charge in [0, 0.05) is 28.2 Å². The van der Waals surface area contributed by atoms with Gasteiger partial charge in [-0.05, 0) is 30.3 Å². The number of benzene rings is 2. The number of fused-ring (bicyclic) bond motifs is 6. The molecule has 6 rings (SSSR count). The van der Waals surface area contributed by atoms with Crippen molar-refractivity contribution in [2.24, 2.45) is 7.05 Å². The molecule has 0 fully saturated rings. The molecule has 4 aromatic heterocycles. The van der Waals surface area contributed by atoms with Gasteiger partial charge in [0.05, 0.1) is 36.4 Å². The number of amides is 1. The van der Waals surface area contributed by atoms with Gasteiger partial charge in [-0.15, -0.1) is 0 Å². The molecule has 6 aromatic rings. The van der Waals surface area contributed by atoms with Crippen LogP contribution in [0.1, 0.15) is 6.42 Å². The summed E-state index contributed by atoms with van der Waals surface area (Å²) in [6.07, 6.45) is 7.86. The first kappa shape index (κ1) is 22.1. The summed E-state index contributed by atoms with van der Waals surface area (Å²) in [5.74, 6) is -0.112. The number of aromatic nitrogens is 5. The van der Waals surface area contributed by atoms with Gasteiger partial charge < -0.3 is 34.3 Å². The SMILES string of the molecule is C[n+]1ccn(CCC(=O)Nc2ccc3nc4c5[nH]c6ccccc6c5ccn4c(=O)c3c2)c1.[I-]. The standard InChI is InChI=1S/C25H20N6O2.HI/c1-29-12-13-30(15-29)10-9-22(32)26-16-6-7-21-19(14-16)25(33)31-11-8-18-17-4-2-3-5-20(17)27-23(18)24(31)28-21;/h2-8,11-15H,9-10H2,1H3,(H-,26,27,28,32,33);1H. The lowest BCUT2D eigenvalue weighted by molar-refractivity contribution is -0.671. The van der Waals surface area contributed by atoms with Gasteiger partial charge in [0.15, 0.2) is 5.65 Å². The monoisotopic (exact) mass is 564 g/mol. The molecule has 0 radical (unpaired) electrons. The molecule has 0 aliphatic carbocycles. The van der Waals surface area contributed by atoms with E-state index in [0.717, 1.165) is 21.8 Å². The molecule has 9 heteroatoms. The molecule has 34 heavy (non-hydrogen) atoms. The van der Waals surface area contributed by atoms with Crippen molar-refractivity contribution in [2.45, 2.75) is 13.0 Å². The predicted octanol–water partition coefficient (Wildman–Crippen LogP) is 0.141. The average Bonchev–Trinajstić information content (AvgIpc) is 3.41. The van der Waals surface area contributed by atoms with Crippen LogP contribution in [0.15, 0.2) is 78.2 Å². The summed E-state index contributed by atoms with van der Waals surface area (Å²) in [5.41, 5.74) is 3.40. The minimum atomic E-state index is -0.175. The first-order chi connectivity index (χ1) is 16.1. The second kappa shape index (κ2) is 8.56. The molecule has 0 aliphatic heterocycles. The molecule has 2 N–H and O–H groups in total. The number of hydrogen-bond acceptors (Lipinski definition) is 3. The van der Waals surface area contributed by atoms with Gasteiger partial charge in [-0.25, -0.2) is 14.1 Å². The van der Waals surface area contributed by atoms with Crippen LogP contribution in [0.25, 0.3) is 38.4 Å². The molecule has 0 saturated heterocycles. The van der Waals surface area contributed by atoms with E-state index in [0.29, 0.717) is 35.2 Å². The summed E-state index contributed by atoms with van der Waals surface area (Å²) < 4.78 is 5.43. The highest BCUT2D eigenvalue weighted by Gasteiger charge is 2.13. The van der Waals surface area contributed by atoms with Gasteiger partial charge in [-0.1, -0.05) is 18.2 Å². The molecule has 0 atom stereocenters. The molecule has 0 unspecified atom stereocenters. The van der Waals surface area contributed by atoms with Crippen molar-refractivity contribution in [1.82, 2.24) is 18.9 Å². The molecule has 170 valence electrons. The number of aryl methyl sites for hydroxylation is 2. The minimum Gasteiger partial charge on any atom is -1.00 e. The van der Waals surface area contributed by atoms with E-state index < -0.39 is 0 Å². The molecule has 0 aliphatic rings. The van der Waals surface area contributed by atoms with Crippen molar-refractivity contribution < 1.29 is 33.3 Å². The molecular formula is C25H21IN6O2. The Hall–Kier alpha value is -3.73. The maximum Gasteiger partial charge on any atom is 0.265 e. The second-order valence-electron chi connectivity index (χ2n) is 8.23. The van der Waals surface area contributed by atoms with Crippen LogP contribution < -0.4 is 39.4 Å². The van der Waals surface area contributed by atoms with Gasteiger partial charge in [-0.3, -0.25) is 14.0 Å². The predicted molar refractivity (Wildman–Crippen MR) is 127 cm³/mol. The van der Waals surface area contributed by atoms with E-state index in [1.165, 1.54) is 0 Å². The first-order valence-corrected chi connectivity index (χ1v) is 10.7. The summed E-state index contributed by atoms with van der Waals surface area (Å²) in [4.78, 5) is 33.9. The van der Waals surface area contributed by atoms with Gasteiger partial charge in [0.1, 0.15) is 12.4 Å². The zero-order valence-electron chi connectivity index (χ0n) is 18.3. The van der Waals surface area contributed by atoms with E-state index in [9.17, 15) is 9.59 Å². The minimum absolute atomic E-state index is 0. The smallest absolute Gasteiger partial charge is 0.265 e. The van der Waals surface area contributed by atoms with Crippen molar-refractivity contribution in [2.75, 3.05) is 5.32 Å². The molecule has 2 aromatic carbocycles. The highest BCUT2D eigenvalue weighted by atomic mass is 127. The largest absolute Gasteiger partial charge is 1.00 e. The van der Waals surface area contributed by atoms with Crippen LogP contribution in [0.4, 0.5) is 5.69 Å². The number of para-hydroxylation sites is 1. The molecule has 0 spiro atoms. The van der Waals surface area contributed by atoms with E-state index in [4.69, 9.17) is 4.98 Å². The van der Waals surface area contributed by atoms with E-state index >= 15 is 0 Å². The Morgan fingerprint density at radius 1 is 1.09 bits per heavy atom. The molecular weight excluding hydrogens is 543 g/mol. The number of H-pyrrole nitrogens is 1. The normalized spacial score (nSPS) is 11.3. The lowest BCUT2D eigenvalue weighted by Gasteiger charge is -2.08. The zero-order chi connectivity index (χ0) is 22.5. The van der Waals surface area contributed by atoms with Gasteiger partial charge in [-0.2, -0.15) is 0 Å². The topological polar surface area (TPSA) is 88.1 Å². The van der Waals surface area contributed by atoms with E-state index in [1.807, 2.05) is 59.2 Å². The number of hydrogen-bond donors (Lipinski definition) is 2. The van der Waals surface area contributed by atoms with E-state index in [-0.39, 0.29) is 35.4 Å². The number of carbonyl (C=O) groups excluding carboxylic acids is 1. The Morgan fingerprint density at radius 2 is 1.94 bits per heavy atom. The Balaban J connectivity index is 0.00000241. The maximum atomic E-state index is 13.3. The van der Waals surface area contributed by atoms with Crippen LogP contribution in [0.2, 0.25) is 0 Å².